The Kier molecular flexibility index (Phi) is 26.6. The molecular formula is C103H78N8O15S2. The number of carbonyl (C=O) groups is 10. The van der Waals surface area contributed by atoms with Gasteiger partial charge in [-0.15, -0.1) is 11.3 Å². The number of aliphatic hydroxyl groups is 2. The SMILES string of the molecule is CC(=O)N1/C(=C\c2ccc(CO)o2)C(=O)c2ccccc21.CC(=O)N1/C(=C\c2ccc[nH]2)C(=O)c2ccccc21.CC(=O)N1/C(=C\c2ccccc2O)C(=O)c2ccccc21.O=C1/C(=C/c2ccc(CO)o2)Sc2ccccc21.O=C1/C(=C/c2ccc[nH]2)Nc2ccccc21.O=C1/C(=C/c2ccccc2)Nc2ccccc21.O=C1/C(=C/c2cccs2)Nc2ccccc21. The number of Topliss-reactive ketones (excluding diaryl/α,β-unsaturated/α-hetero) is 7. The van der Waals surface area contributed by atoms with Gasteiger partial charge >= 0.3 is 0 Å². The highest BCUT2D eigenvalue weighted by Crippen LogP contribution is 2.43. The maximum absolute atomic E-state index is 12.5. The lowest BCUT2D eigenvalue weighted by atomic mass is 10.1. The van der Waals surface area contributed by atoms with E-state index in [9.17, 15) is 53.1 Å². The van der Waals surface area contributed by atoms with Crippen molar-refractivity contribution in [2.24, 2.45) is 0 Å². The lowest BCUT2D eigenvalue weighted by Gasteiger charge is -2.16. The number of fused-ring (bicyclic) bond motifs is 7. The Morgan fingerprint density at radius 2 is 0.750 bits per heavy atom. The molecule has 21 rings (SSSR count). The number of furan rings is 2. The average molecular weight is 1730 g/mol. The van der Waals surface area contributed by atoms with Gasteiger partial charge in [0, 0.05) is 122 Å². The van der Waals surface area contributed by atoms with Crippen LogP contribution in [0.5, 0.6) is 5.75 Å². The Balaban J connectivity index is 0.000000115. The van der Waals surface area contributed by atoms with E-state index in [0.717, 1.165) is 66.0 Å². The van der Waals surface area contributed by atoms with E-state index in [4.69, 9.17) is 19.0 Å². The molecule has 7 aliphatic heterocycles. The number of allylic oxidation sites excluding steroid dienone is 7. The topological polar surface area (TPSA) is 335 Å². The van der Waals surface area contributed by atoms with E-state index in [0.29, 0.717) is 90.1 Å². The first-order chi connectivity index (χ1) is 62.2. The molecule has 0 aliphatic carbocycles. The molecule has 0 saturated heterocycles. The predicted octanol–water partition coefficient (Wildman–Crippen LogP) is 20.4. The van der Waals surface area contributed by atoms with Gasteiger partial charge in [0.1, 0.15) is 47.7 Å². The van der Waals surface area contributed by atoms with Crippen molar-refractivity contribution in [2.75, 3.05) is 30.7 Å². The Labute approximate surface area is 742 Å². The van der Waals surface area contributed by atoms with Crippen LogP contribution >= 0.6 is 23.1 Å². The number of ketones is 7. The second-order valence-electron chi connectivity index (χ2n) is 29.0. The largest absolute Gasteiger partial charge is 0.507 e. The second kappa shape index (κ2) is 39.4. The number of thioether (sulfide) groups is 1. The Hall–Kier alpha value is -16.5. The third-order valence-electron chi connectivity index (χ3n) is 20.4. The number of nitrogens with one attached hydrogen (secondary N) is 5. The smallest absolute Gasteiger partial charge is 0.228 e. The van der Waals surface area contributed by atoms with Gasteiger partial charge in [0.15, 0.2) is 0 Å². The maximum Gasteiger partial charge on any atom is 0.228 e. The van der Waals surface area contributed by atoms with Crippen LogP contribution in [0.2, 0.25) is 0 Å². The number of amides is 3. The second-order valence-corrected chi connectivity index (χ2v) is 31.0. The van der Waals surface area contributed by atoms with E-state index >= 15 is 0 Å². The molecule has 23 nitrogen and oxygen atoms in total. The predicted molar refractivity (Wildman–Crippen MR) is 497 cm³/mol. The number of carbonyl (C=O) groups excluding carboxylic acids is 10. The van der Waals surface area contributed by atoms with Crippen molar-refractivity contribution < 1.29 is 72.1 Å². The molecule has 0 unspecified atom stereocenters. The van der Waals surface area contributed by atoms with Gasteiger partial charge in [-0.1, -0.05) is 151 Å². The van der Waals surface area contributed by atoms with Gasteiger partial charge in [-0.2, -0.15) is 0 Å². The minimum absolute atomic E-state index is 0.0255. The number of aromatic hydroxyl groups is 1. The van der Waals surface area contributed by atoms with Crippen LogP contribution in [0.1, 0.15) is 144 Å². The van der Waals surface area contributed by atoms with E-state index < -0.39 is 0 Å². The fraction of sp³-hybridized carbons (Fsp3) is 0.0485. The van der Waals surface area contributed by atoms with E-state index in [1.54, 1.807) is 145 Å². The maximum atomic E-state index is 12.5. The summed E-state index contributed by atoms with van der Waals surface area (Å²) < 4.78 is 10.7. The van der Waals surface area contributed by atoms with Crippen LogP contribution in [-0.4, -0.2) is 83.5 Å². The monoisotopic (exact) mass is 1730 g/mol. The highest BCUT2D eigenvalue weighted by Gasteiger charge is 2.38. The Morgan fingerprint density at radius 3 is 1.18 bits per heavy atom. The van der Waals surface area contributed by atoms with Crippen LogP contribution in [0.4, 0.5) is 34.1 Å². The molecule has 12 heterocycles. The summed E-state index contributed by atoms with van der Waals surface area (Å²) in [6.45, 7) is 3.93. The number of benzene rings is 9. The van der Waals surface area contributed by atoms with Crippen LogP contribution in [0.3, 0.4) is 0 Å². The van der Waals surface area contributed by atoms with Gasteiger partial charge in [0.2, 0.25) is 58.2 Å². The summed E-state index contributed by atoms with van der Waals surface area (Å²) in [5.74, 6) is 0.957. The van der Waals surface area contributed by atoms with Crippen molar-refractivity contribution in [2.45, 2.75) is 38.9 Å². The molecule has 0 radical (unpaired) electrons. The first kappa shape index (κ1) is 86.5. The summed E-state index contributed by atoms with van der Waals surface area (Å²) in [4.78, 5) is 134. The van der Waals surface area contributed by atoms with Gasteiger partial charge < -0.3 is 50.1 Å². The van der Waals surface area contributed by atoms with Crippen LogP contribution in [0.15, 0.2) is 356 Å². The van der Waals surface area contributed by atoms with E-state index in [-0.39, 0.29) is 88.6 Å². The van der Waals surface area contributed by atoms with Gasteiger partial charge in [-0.25, -0.2) is 0 Å². The highest BCUT2D eigenvalue weighted by atomic mass is 32.2. The number of phenols is 1. The number of hydrogen-bond donors (Lipinski definition) is 8. The van der Waals surface area contributed by atoms with Crippen molar-refractivity contribution in [1.82, 2.24) is 9.97 Å². The first-order valence-electron chi connectivity index (χ1n) is 40.1. The van der Waals surface area contributed by atoms with Crippen molar-refractivity contribution in [3.8, 4) is 5.75 Å². The number of hydrogen-bond acceptors (Lipinski definition) is 20. The minimum Gasteiger partial charge on any atom is -0.507 e. The van der Waals surface area contributed by atoms with E-state index in [1.165, 1.54) is 59.4 Å². The summed E-state index contributed by atoms with van der Waals surface area (Å²) in [5.41, 5.74) is 15.0. The number of aliphatic hydroxyl groups excluding tert-OH is 2. The molecule has 0 bridgehead atoms. The third kappa shape index (κ3) is 19.3. The normalized spacial score (nSPS) is 15.9. The number of aromatic nitrogens is 2. The number of H-pyrrole nitrogens is 2. The zero-order valence-corrected chi connectivity index (χ0v) is 70.4. The number of aromatic amines is 2. The highest BCUT2D eigenvalue weighted by molar-refractivity contribution is 8.04. The fourth-order valence-electron chi connectivity index (χ4n) is 14.5. The summed E-state index contributed by atoms with van der Waals surface area (Å²) in [5, 5.41) is 39.2. The van der Waals surface area contributed by atoms with Crippen molar-refractivity contribution in [1.29, 1.82) is 0 Å². The number of phenolic OH excluding ortho intramolecular Hbond substituents is 1. The zero-order chi connectivity index (χ0) is 89.5. The summed E-state index contributed by atoms with van der Waals surface area (Å²) in [7, 11) is 0. The van der Waals surface area contributed by atoms with Gasteiger partial charge in [-0.05, 0) is 193 Å². The summed E-state index contributed by atoms with van der Waals surface area (Å²) in [6.07, 6.45) is 15.7. The molecule has 0 atom stereocenters. The van der Waals surface area contributed by atoms with E-state index in [2.05, 4.69) is 25.9 Å². The molecule has 25 heteroatoms. The Morgan fingerprint density at radius 1 is 0.352 bits per heavy atom. The van der Waals surface area contributed by atoms with Crippen molar-refractivity contribution >= 4 is 158 Å². The number of thiophene rings is 1. The standard InChI is InChI=1S/C17H13NO3.C16H13NO4.C15H12N2O2.C15H11NO.C14H10O3S.C13H10N2O.C13H9NOS/c1-11(19)18-14-8-4-3-7-13(14)17(21)15(18)10-12-6-2-5-9-16(12)20;1-10(19)17-14-5-3-2-4-13(14)16(20)15(17)8-11-6-7-12(9-18)21-11;1-10(18)17-13-7-3-2-6-12(13)15(19)14(17)9-11-5-4-8-16-11;17-15-12-8-4-5-9-13(12)16-14(15)10-11-6-2-1-3-7-11;15-8-10-6-5-9(17-10)7-13-14(16)11-3-1-2-4-12(11)18-13;16-13-10-5-1-2-6-11(10)15-12(13)8-9-4-3-7-14-9;15-13-10-5-1-2-6-11(10)14-12(13)8-9-4-3-7-16-9/h2-10,20H,1H3;2-8,18H,9H2,1H3;2-9,16H,1H3;1-10,16H;1-7,15H,8H2;1-8,14-15H;1-8,14H/b15-10-;15-8-;14-9-;14-10-;13-7-;2*12-8-. The molecule has 9 aromatic carbocycles. The molecule has 632 valence electrons. The van der Waals surface area contributed by atoms with Gasteiger partial charge in [0.05, 0.1) is 50.5 Å². The third-order valence-corrected chi connectivity index (χ3v) is 22.3. The molecule has 7 aliphatic rings. The molecular weight excluding hydrogens is 1650 g/mol. The number of rotatable bonds is 9. The van der Waals surface area contributed by atoms with Crippen LogP contribution in [-0.2, 0) is 27.6 Å². The molecule has 0 spiro atoms. The van der Waals surface area contributed by atoms with Gasteiger partial charge in [0.25, 0.3) is 0 Å². The average Bonchev–Trinajstić information content (AvgIpc) is 1.62. The molecule has 14 aromatic rings. The van der Waals surface area contributed by atoms with Gasteiger partial charge in [-0.3, -0.25) is 62.6 Å². The zero-order valence-electron chi connectivity index (χ0n) is 68.7. The summed E-state index contributed by atoms with van der Waals surface area (Å²) >= 11 is 3.07. The van der Waals surface area contributed by atoms with Crippen LogP contribution in [0.25, 0.3) is 42.5 Å². The molecule has 5 aromatic heterocycles. The van der Waals surface area contributed by atoms with Crippen LogP contribution in [0, 0.1) is 0 Å². The molecule has 8 N–H and O–H groups in total. The molecule has 0 saturated carbocycles. The minimum atomic E-state index is -0.242. The first-order valence-corrected chi connectivity index (χ1v) is 41.8. The van der Waals surface area contributed by atoms with Crippen LogP contribution < -0.4 is 30.7 Å². The number of anilines is 6. The summed E-state index contributed by atoms with van der Waals surface area (Å²) in [6, 6.07) is 86.0. The quantitative estimate of drug-likeness (QED) is 0.0622. The van der Waals surface area contributed by atoms with Crippen molar-refractivity contribution in [3.63, 3.8) is 0 Å². The molecule has 128 heavy (non-hydrogen) atoms. The fourth-order valence-corrected chi connectivity index (χ4v) is 16.2. The lowest BCUT2D eigenvalue weighted by molar-refractivity contribution is -0.116. The molecule has 3 amide bonds. The van der Waals surface area contributed by atoms with E-state index in [1.807, 2.05) is 200 Å². The Bertz CT molecular complexity index is 6800. The molecule has 0 fully saturated rings. The lowest BCUT2D eigenvalue weighted by Crippen LogP contribution is -2.25. The number of nitrogens with zero attached hydrogens (tertiary/aromatic N) is 3. The van der Waals surface area contributed by atoms with Crippen molar-refractivity contribution in [3.05, 3.63) is 431 Å². The number of para-hydroxylation sites is 7.